The Kier molecular flexibility index (Phi) is 6.34. The number of hydrogen-bond acceptors (Lipinski definition) is 9. The van der Waals surface area contributed by atoms with Crippen molar-refractivity contribution in [2.24, 2.45) is 0 Å². The molecule has 36 heavy (non-hydrogen) atoms. The van der Waals surface area contributed by atoms with Crippen LogP contribution in [0, 0.1) is 11.3 Å². The number of hydrogen-bond donors (Lipinski definition) is 3. The summed E-state index contributed by atoms with van der Waals surface area (Å²) in [6, 6.07) is 15.8. The molecular weight excluding hydrogens is 464 g/mol. The summed E-state index contributed by atoms with van der Waals surface area (Å²) in [6.07, 6.45) is -0.293. The largest absolute Gasteiger partial charge is 0.507 e. The first-order valence-electron chi connectivity index (χ1n) is 11.3. The molecule has 1 atom stereocenters. The molecule has 0 spiro atoms. The van der Waals surface area contributed by atoms with Gasteiger partial charge >= 0.3 is 6.09 Å². The number of anilines is 2. The van der Waals surface area contributed by atoms with Crippen molar-refractivity contribution in [2.45, 2.75) is 19.1 Å². The molecule has 0 radical (unpaired) electrons. The van der Waals surface area contributed by atoms with Crippen molar-refractivity contribution in [3.8, 4) is 28.8 Å². The number of aromatic nitrogens is 2. The van der Waals surface area contributed by atoms with Crippen LogP contribution in [0.25, 0.3) is 11.3 Å². The van der Waals surface area contributed by atoms with E-state index in [-0.39, 0.29) is 35.9 Å². The van der Waals surface area contributed by atoms with Gasteiger partial charge in [-0.3, -0.25) is 9.69 Å². The molecule has 0 unspecified atom stereocenters. The number of phenolic OH excluding ortho intramolecular Hbond substituents is 1. The second-order valence-corrected chi connectivity index (χ2v) is 8.27. The zero-order valence-electron chi connectivity index (χ0n) is 19.1. The minimum atomic E-state index is -0.507. The van der Waals surface area contributed by atoms with Crippen LogP contribution in [0.5, 0.6) is 11.5 Å². The van der Waals surface area contributed by atoms with Crippen LogP contribution in [0.1, 0.15) is 17.7 Å². The number of para-hydroxylation sites is 1. The molecule has 3 aromatic rings. The normalized spacial score (nSPS) is 16.5. The van der Waals surface area contributed by atoms with Crippen molar-refractivity contribution in [2.75, 3.05) is 29.9 Å². The molecule has 182 valence electrons. The number of nitrogens with zero attached hydrogens (tertiary/aromatic N) is 4. The number of nitrogens with one attached hydrogen (secondary N) is 2. The van der Waals surface area contributed by atoms with Gasteiger partial charge in [-0.05, 0) is 43.3 Å². The summed E-state index contributed by atoms with van der Waals surface area (Å²) < 4.78 is 10.8. The van der Waals surface area contributed by atoms with E-state index in [9.17, 15) is 14.7 Å². The molecule has 11 nitrogen and oxygen atoms in total. The second kappa shape index (κ2) is 9.89. The van der Waals surface area contributed by atoms with Crippen molar-refractivity contribution in [1.29, 1.82) is 5.26 Å². The van der Waals surface area contributed by atoms with E-state index in [1.165, 1.54) is 4.90 Å². The standard InChI is InChI=1S/C25H22N6O5/c26-11-16-4-2-6-19(28-16)18-5-1-3-15(23(18)33)12-27-10-9-17-13-31(25(34)36-17)21-8-7-20-24(29-21)30-22(32)14-35-20/h1-8,17,27,33H,9-10,12-14H2,(H,29,30,32)/t17-/m0/s1. The van der Waals surface area contributed by atoms with Crippen molar-refractivity contribution in [3.63, 3.8) is 0 Å². The van der Waals surface area contributed by atoms with Gasteiger partial charge in [0, 0.05) is 17.7 Å². The third kappa shape index (κ3) is 4.75. The lowest BCUT2D eigenvalue weighted by atomic mass is 10.0. The molecular formula is C25H22N6O5. The van der Waals surface area contributed by atoms with Crippen LogP contribution >= 0.6 is 0 Å². The van der Waals surface area contributed by atoms with Gasteiger partial charge in [0.1, 0.15) is 29.4 Å². The summed E-state index contributed by atoms with van der Waals surface area (Å²) in [5.41, 5.74) is 2.03. The summed E-state index contributed by atoms with van der Waals surface area (Å²) in [6.45, 7) is 1.19. The first-order chi connectivity index (χ1) is 17.5. The maximum Gasteiger partial charge on any atom is 0.415 e. The lowest BCUT2D eigenvalue weighted by Gasteiger charge is -2.19. The summed E-state index contributed by atoms with van der Waals surface area (Å²) in [5.74, 6) is 0.894. The fourth-order valence-electron chi connectivity index (χ4n) is 4.04. The van der Waals surface area contributed by atoms with E-state index in [1.807, 2.05) is 18.2 Å². The van der Waals surface area contributed by atoms with E-state index in [1.54, 1.807) is 36.4 Å². The number of aromatic hydroxyl groups is 1. The molecule has 0 saturated carbocycles. The molecule has 4 heterocycles. The van der Waals surface area contributed by atoms with Gasteiger partial charge in [-0.1, -0.05) is 18.2 Å². The molecule has 2 aliphatic rings. The quantitative estimate of drug-likeness (QED) is 0.428. The topological polar surface area (TPSA) is 150 Å². The highest BCUT2D eigenvalue weighted by atomic mass is 16.6. The lowest BCUT2D eigenvalue weighted by Crippen LogP contribution is -2.29. The fourth-order valence-corrected chi connectivity index (χ4v) is 4.04. The van der Waals surface area contributed by atoms with Gasteiger partial charge in [-0.2, -0.15) is 5.26 Å². The van der Waals surface area contributed by atoms with Gasteiger partial charge in [-0.25, -0.2) is 14.8 Å². The van der Waals surface area contributed by atoms with Gasteiger partial charge in [-0.15, -0.1) is 0 Å². The highest BCUT2D eigenvalue weighted by Crippen LogP contribution is 2.32. The fraction of sp³-hybridized carbons (Fsp3) is 0.240. The number of amides is 2. The van der Waals surface area contributed by atoms with Crippen LogP contribution in [0.15, 0.2) is 48.5 Å². The minimum Gasteiger partial charge on any atom is -0.507 e. The van der Waals surface area contributed by atoms with Gasteiger partial charge in [0.15, 0.2) is 18.2 Å². The van der Waals surface area contributed by atoms with Crippen molar-refractivity contribution in [1.82, 2.24) is 15.3 Å². The van der Waals surface area contributed by atoms with Crippen LogP contribution in [-0.4, -0.2) is 52.9 Å². The van der Waals surface area contributed by atoms with Crippen LogP contribution in [0.2, 0.25) is 0 Å². The first-order valence-corrected chi connectivity index (χ1v) is 11.3. The molecule has 0 bridgehead atoms. The molecule has 11 heteroatoms. The Morgan fingerprint density at radius 3 is 2.89 bits per heavy atom. The SMILES string of the molecule is N#Cc1cccc(-c2cccc(CNCC[C@H]3CN(c4ccc5c(n4)NC(=O)CO5)C(=O)O3)c2O)n1. The van der Waals surface area contributed by atoms with Crippen LogP contribution in [0.4, 0.5) is 16.4 Å². The number of phenols is 1. The van der Waals surface area contributed by atoms with Crippen molar-refractivity contribution >= 4 is 23.6 Å². The Morgan fingerprint density at radius 1 is 1.17 bits per heavy atom. The maximum absolute atomic E-state index is 12.4. The predicted octanol–water partition coefficient (Wildman–Crippen LogP) is 2.56. The van der Waals surface area contributed by atoms with E-state index in [0.29, 0.717) is 54.4 Å². The van der Waals surface area contributed by atoms with Crippen LogP contribution in [0.3, 0.4) is 0 Å². The molecule has 1 aromatic carbocycles. The smallest absolute Gasteiger partial charge is 0.415 e. The minimum absolute atomic E-state index is 0.0673. The summed E-state index contributed by atoms with van der Waals surface area (Å²) in [7, 11) is 0. The number of nitriles is 1. The van der Waals surface area contributed by atoms with E-state index in [2.05, 4.69) is 20.6 Å². The Morgan fingerprint density at radius 2 is 2.03 bits per heavy atom. The average Bonchev–Trinajstić information content (AvgIpc) is 3.27. The van der Waals surface area contributed by atoms with Gasteiger partial charge in [0.25, 0.3) is 5.91 Å². The monoisotopic (exact) mass is 486 g/mol. The number of rotatable bonds is 7. The maximum atomic E-state index is 12.4. The molecule has 2 amide bonds. The van der Waals surface area contributed by atoms with Crippen molar-refractivity contribution in [3.05, 3.63) is 59.8 Å². The number of fused-ring (bicyclic) bond motifs is 1. The van der Waals surface area contributed by atoms with Crippen LogP contribution < -0.4 is 20.3 Å². The number of cyclic esters (lactones) is 1. The van der Waals surface area contributed by atoms with Gasteiger partial charge in [0.05, 0.1) is 12.2 Å². The zero-order chi connectivity index (χ0) is 25.1. The van der Waals surface area contributed by atoms with E-state index in [4.69, 9.17) is 14.7 Å². The zero-order valence-corrected chi connectivity index (χ0v) is 19.1. The summed E-state index contributed by atoms with van der Waals surface area (Å²) in [4.78, 5) is 33.9. The molecule has 1 fully saturated rings. The molecule has 3 N–H and O–H groups in total. The Hall–Kier alpha value is -4.69. The highest BCUT2D eigenvalue weighted by molar-refractivity contribution is 5.95. The Labute approximate surface area is 206 Å². The third-order valence-corrected chi connectivity index (χ3v) is 5.83. The van der Waals surface area contributed by atoms with Crippen LogP contribution in [-0.2, 0) is 16.1 Å². The predicted molar refractivity (Wildman–Crippen MR) is 128 cm³/mol. The molecule has 5 rings (SSSR count). The molecule has 0 aliphatic carbocycles. The molecule has 2 aliphatic heterocycles. The van der Waals surface area contributed by atoms with E-state index in [0.717, 1.165) is 0 Å². The molecule has 1 saturated heterocycles. The number of pyridine rings is 2. The highest BCUT2D eigenvalue weighted by Gasteiger charge is 2.33. The first kappa shape index (κ1) is 23.1. The summed E-state index contributed by atoms with van der Waals surface area (Å²) >= 11 is 0. The number of carbonyl (C=O) groups is 2. The number of benzene rings is 1. The molecule has 2 aromatic heterocycles. The van der Waals surface area contributed by atoms with Crippen molar-refractivity contribution < 1.29 is 24.2 Å². The van der Waals surface area contributed by atoms with E-state index < -0.39 is 6.09 Å². The summed E-state index contributed by atoms with van der Waals surface area (Å²) in [5, 5.41) is 25.7. The average molecular weight is 486 g/mol. The third-order valence-electron chi connectivity index (χ3n) is 5.83. The lowest BCUT2D eigenvalue weighted by molar-refractivity contribution is -0.118. The second-order valence-electron chi connectivity index (χ2n) is 8.27. The van der Waals surface area contributed by atoms with E-state index >= 15 is 0 Å². The number of carbonyl (C=O) groups excluding carboxylic acids is 2. The Balaban J connectivity index is 1.16. The Bertz CT molecular complexity index is 1370. The number of ether oxygens (including phenoxy) is 2. The van der Waals surface area contributed by atoms with Gasteiger partial charge in [0.2, 0.25) is 0 Å². The van der Waals surface area contributed by atoms with Gasteiger partial charge < -0.3 is 25.2 Å².